The molecule has 0 radical (unpaired) electrons. The summed E-state index contributed by atoms with van der Waals surface area (Å²) < 4.78 is 13.8. The van der Waals surface area contributed by atoms with Crippen LogP contribution in [0.3, 0.4) is 0 Å². The van der Waals surface area contributed by atoms with Gasteiger partial charge in [-0.05, 0) is 49.3 Å². The molecule has 0 saturated heterocycles. The molecule has 0 aliphatic rings. The smallest absolute Gasteiger partial charge is 0.191 e. The summed E-state index contributed by atoms with van der Waals surface area (Å²) in [5.41, 5.74) is 4.40. The molecule has 1 N–H and O–H groups in total. The van der Waals surface area contributed by atoms with Crippen LogP contribution in [0, 0.1) is 6.92 Å². The van der Waals surface area contributed by atoms with Crippen LogP contribution < -0.4 is 10.1 Å². The summed E-state index contributed by atoms with van der Waals surface area (Å²) in [7, 11) is -0.292. The number of nitrogens with zero attached hydrogens (tertiary/aromatic N) is 4. The molecule has 1 aromatic carbocycles. The zero-order valence-corrected chi connectivity index (χ0v) is 25.0. The molecule has 4 aromatic rings. The topological polar surface area (TPSA) is 74.1 Å². The largest absolute Gasteiger partial charge is 0.497 e. The van der Waals surface area contributed by atoms with Crippen molar-refractivity contribution in [2.45, 2.75) is 52.2 Å². The maximum absolute atomic E-state index is 6.57. The molecule has 37 heavy (non-hydrogen) atoms. The second-order valence-corrected chi connectivity index (χ2v) is 16.5. The average Bonchev–Trinajstić information content (AvgIpc) is 3.52. The minimum absolute atomic E-state index is 0.129. The minimum Gasteiger partial charge on any atom is -0.497 e. The Morgan fingerprint density at radius 1 is 1.16 bits per heavy atom. The van der Waals surface area contributed by atoms with E-state index in [4.69, 9.17) is 30.8 Å². The lowest BCUT2D eigenvalue weighted by Crippen LogP contribution is -2.41. The fourth-order valence-electron chi connectivity index (χ4n) is 3.64. The highest BCUT2D eigenvalue weighted by Gasteiger charge is 2.37. The van der Waals surface area contributed by atoms with Gasteiger partial charge in [-0.3, -0.25) is 0 Å². The van der Waals surface area contributed by atoms with E-state index >= 15 is 0 Å². The van der Waals surface area contributed by atoms with Crippen molar-refractivity contribution in [2.24, 2.45) is 0 Å². The van der Waals surface area contributed by atoms with Gasteiger partial charge in [-0.2, -0.15) is 5.10 Å². The average molecular weight is 556 g/mol. The number of nitrogens with one attached hydrogen (secondary N) is 1. The predicted molar refractivity (Wildman–Crippen MR) is 155 cm³/mol. The van der Waals surface area contributed by atoms with E-state index in [0.29, 0.717) is 23.8 Å². The molecule has 10 heteroatoms. The molecule has 0 saturated carbocycles. The molecular formula is C27H34ClN5O2SSi. The fourth-order valence-corrected chi connectivity index (χ4v) is 5.50. The van der Waals surface area contributed by atoms with E-state index in [2.05, 4.69) is 50.2 Å². The fraction of sp³-hybridized carbons (Fsp3) is 0.370. The quantitative estimate of drug-likeness (QED) is 0.214. The first-order valence-electron chi connectivity index (χ1n) is 12.2. The predicted octanol–water partition coefficient (Wildman–Crippen LogP) is 7.67. The first-order valence-corrected chi connectivity index (χ1v) is 16.4. The number of halogens is 1. The monoisotopic (exact) mass is 555 g/mol. The third-order valence-corrected chi connectivity index (χ3v) is 12.4. The van der Waals surface area contributed by atoms with Gasteiger partial charge in [0.1, 0.15) is 22.3 Å². The molecule has 3 aromatic heterocycles. The highest BCUT2D eigenvalue weighted by molar-refractivity contribution is 7.13. The molecule has 0 spiro atoms. The second-order valence-electron chi connectivity index (χ2n) is 10.4. The molecule has 4 rings (SSSR count). The molecule has 0 atom stereocenters. The number of anilines is 2. The van der Waals surface area contributed by atoms with Crippen molar-refractivity contribution < 1.29 is 9.16 Å². The Hall–Kier alpha value is -2.72. The molecule has 0 unspecified atom stereocenters. The van der Waals surface area contributed by atoms with Crippen molar-refractivity contribution in [3.63, 3.8) is 0 Å². The van der Waals surface area contributed by atoms with Crippen molar-refractivity contribution >= 4 is 42.8 Å². The van der Waals surface area contributed by atoms with Crippen LogP contribution in [0.4, 0.5) is 11.5 Å². The number of benzene rings is 1. The summed E-state index contributed by atoms with van der Waals surface area (Å²) in [4.78, 5) is 9.27. The number of hydrogen-bond acceptors (Lipinski definition) is 7. The first kappa shape index (κ1) is 27.3. The van der Waals surface area contributed by atoms with Crippen LogP contribution in [-0.2, 0) is 10.8 Å². The second kappa shape index (κ2) is 10.9. The number of thiazole rings is 1. The lowest BCUT2D eigenvalue weighted by molar-refractivity contribution is 0.292. The highest BCUT2D eigenvalue weighted by Crippen LogP contribution is 2.37. The van der Waals surface area contributed by atoms with Crippen LogP contribution in [0.5, 0.6) is 5.75 Å². The van der Waals surface area contributed by atoms with Gasteiger partial charge in [-0.25, -0.2) is 14.6 Å². The Balaban J connectivity index is 1.73. The third kappa shape index (κ3) is 6.23. The molecule has 0 aliphatic carbocycles. The van der Waals surface area contributed by atoms with Crippen LogP contribution in [0.1, 0.15) is 32.0 Å². The highest BCUT2D eigenvalue weighted by atomic mass is 35.5. The number of aryl methyl sites for hydroxylation is 1. The van der Waals surface area contributed by atoms with Crippen molar-refractivity contribution in [3.8, 4) is 22.1 Å². The standard InChI is InChI=1S/C27H34ClN5O2SSi/c1-18-16-24(33-13-10-23(32-33)26-29-12-15-36-26)20(11-14-35-37(6,7)27(2,3)4)25(30-18)31-22-9-8-19(34-5)17-21(22)28/h8-10,12-13,15-17H,11,14H2,1-7H3,(H,30,31). The summed E-state index contributed by atoms with van der Waals surface area (Å²) in [5.74, 6) is 1.43. The van der Waals surface area contributed by atoms with Crippen LogP contribution in [-0.4, -0.2) is 41.8 Å². The van der Waals surface area contributed by atoms with E-state index in [1.807, 2.05) is 41.4 Å². The van der Waals surface area contributed by atoms with E-state index in [-0.39, 0.29) is 5.04 Å². The summed E-state index contributed by atoms with van der Waals surface area (Å²) in [6.07, 6.45) is 4.42. The van der Waals surface area contributed by atoms with Crippen LogP contribution in [0.2, 0.25) is 23.2 Å². The Labute approximate surface area is 229 Å². The van der Waals surface area contributed by atoms with Gasteiger partial charge in [0.05, 0.1) is 23.5 Å². The van der Waals surface area contributed by atoms with E-state index in [0.717, 1.165) is 39.2 Å². The van der Waals surface area contributed by atoms with Gasteiger partial charge in [-0.1, -0.05) is 32.4 Å². The summed E-state index contributed by atoms with van der Waals surface area (Å²) >= 11 is 8.14. The summed E-state index contributed by atoms with van der Waals surface area (Å²) in [5, 5.41) is 11.8. The van der Waals surface area contributed by atoms with Crippen molar-refractivity contribution in [2.75, 3.05) is 19.0 Å². The SMILES string of the molecule is COc1ccc(Nc2nc(C)cc(-n3ccc(-c4nccs4)n3)c2CCO[Si](C)(C)C(C)(C)C)c(Cl)c1. The third-order valence-electron chi connectivity index (χ3n) is 6.77. The van der Waals surface area contributed by atoms with E-state index < -0.39 is 8.32 Å². The Morgan fingerprint density at radius 2 is 1.95 bits per heavy atom. The lowest BCUT2D eigenvalue weighted by atomic mass is 10.1. The van der Waals surface area contributed by atoms with Crippen molar-refractivity contribution in [3.05, 3.63) is 64.4 Å². The zero-order chi connectivity index (χ0) is 26.8. The van der Waals surface area contributed by atoms with Crippen LogP contribution >= 0.6 is 22.9 Å². The van der Waals surface area contributed by atoms with E-state index in [1.54, 1.807) is 30.7 Å². The van der Waals surface area contributed by atoms with Gasteiger partial charge in [0.2, 0.25) is 0 Å². The Bertz CT molecular complexity index is 1370. The normalized spacial score (nSPS) is 12.1. The molecule has 7 nitrogen and oxygen atoms in total. The number of methoxy groups -OCH3 is 1. The zero-order valence-electron chi connectivity index (χ0n) is 22.4. The number of hydrogen-bond donors (Lipinski definition) is 1. The van der Waals surface area contributed by atoms with Crippen LogP contribution in [0.25, 0.3) is 16.4 Å². The molecule has 0 bridgehead atoms. The lowest BCUT2D eigenvalue weighted by Gasteiger charge is -2.36. The molecule has 3 heterocycles. The first-order chi connectivity index (χ1) is 17.5. The number of aromatic nitrogens is 4. The van der Waals surface area contributed by atoms with E-state index in [1.165, 1.54) is 0 Å². The van der Waals surface area contributed by atoms with Gasteiger partial charge in [0.15, 0.2) is 8.32 Å². The van der Waals surface area contributed by atoms with Crippen molar-refractivity contribution in [1.29, 1.82) is 0 Å². The van der Waals surface area contributed by atoms with Gasteiger partial charge in [-0.15, -0.1) is 11.3 Å². The number of ether oxygens (including phenoxy) is 1. The van der Waals surface area contributed by atoms with Gasteiger partial charge >= 0.3 is 0 Å². The Kier molecular flexibility index (Phi) is 8.08. The maximum Gasteiger partial charge on any atom is 0.191 e. The molecule has 0 amide bonds. The molecule has 0 fully saturated rings. The number of rotatable bonds is 9. The maximum atomic E-state index is 6.57. The number of pyridine rings is 1. The van der Waals surface area contributed by atoms with Gasteiger partial charge in [0, 0.05) is 48.1 Å². The summed E-state index contributed by atoms with van der Waals surface area (Å²) in [6, 6.07) is 9.60. The molecular weight excluding hydrogens is 522 g/mol. The molecule has 196 valence electrons. The van der Waals surface area contributed by atoms with Crippen LogP contribution in [0.15, 0.2) is 48.1 Å². The molecule has 0 aliphatic heterocycles. The Morgan fingerprint density at radius 3 is 2.59 bits per heavy atom. The van der Waals surface area contributed by atoms with Crippen molar-refractivity contribution in [1.82, 2.24) is 19.7 Å². The van der Waals surface area contributed by atoms with Gasteiger partial charge < -0.3 is 14.5 Å². The minimum atomic E-state index is -1.91. The van der Waals surface area contributed by atoms with Gasteiger partial charge in [0.25, 0.3) is 0 Å². The summed E-state index contributed by atoms with van der Waals surface area (Å²) in [6.45, 7) is 13.9. The van der Waals surface area contributed by atoms with E-state index in [9.17, 15) is 0 Å².